The Bertz CT molecular complexity index is 1370. The highest BCUT2D eigenvalue weighted by Crippen LogP contribution is 2.31. The van der Waals surface area contributed by atoms with Gasteiger partial charge in [-0.15, -0.1) is 0 Å². The van der Waals surface area contributed by atoms with E-state index in [0.717, 1.165) is 6.07 Å². The van der Waals surface area contributed by atoms with Crippen LogP contribution in [0.4, 0.5) is 5.69 Å². The number of aromatic nitrogens is 2. The second-order valence-corrected chi connectivity index (χ2v) is 7.98. The molecule has 1 heterocycles. The smallest absolute Gasteiger partial charge is 0.287 e. The number of para-hydroxylation sites is 2. The average molecular weight is 526 g/mol. The Morgan fingerprint density at radius 1 is 1.00 bits per heavy atom. The standard InChI is InChI=1S/C27H31N3O8/c1-5-35-25(36-6-2)27(37-7-3,38-8-4)17-16-26(32,19-12-11-13-20(18-19)30(33)34)23-24(31)29-22-15-10-9-14-21(22)28-23/h9-15,18,25,32H,5-8H2,1-4H3,(H,29,31). The van der Waals surface area contributed by atoms with Crippen LogP contribution in [-0.2, 0) is 24.5 Å². The van der Waals surface area contributed by atoms with Crippen molar-refractivity contribution >= 4 is 16.7 Å². The fourth-order valence-electron chi connectivity index (χ4n) is 3.87. The molecule has 0 saturated carbocycles. The first-order valence-electron chi connectivity index (χ1n) is 12.3. The minimum atomic E-state index is -2.41. The Morgan fingerprint density at radius 2 is 1.66 bits per heavy atom. The highest BCUT2D eigenvalue weighted by Gasteiger charge is 2.44. The molecule has 2 aromatic carbocycles. The van der Waals surface area contributed by atoms with Gasteiger partial charge in [-0.05, 0) is 45.7 Å². The van der Waals surface area contributed by atoms with Gasteiger partial charge in [0.15, 0.2) is 11.3 Å². The van der Waals surface area contributed by atoms with Crippen LogP contribution in [0.1, 0.15) is 39.0 Å². The maximum Gasteiger partial charge on any atom is 0.287 e. The van der Waals surface area contributed by atoms with Crippen LogP contribution in [0.15, 0.2) is 53.3 Å². The molecular formula is C27H31N3O8. The molecule has 1 aromatic heterocycles. The third-order valence-corrected chi connectivity index (χ3v) is 5.50. The van der Waals surface area contributed by atoms with E-state index >= 15 is 0 Å². The predicted molar refractivity (Wildman–Crippen MR) is 139 cm³/mol. The molecule has 11 heteroatoms. The summed E-state index contributed by atoms with van der Waals surface area (Å²) in [4.78, 5) is 31.2. The maximum absolute atomic E-state index is 13.2. The molecule has 0 bridgehead atoms. The van der Waals surface area contributed by atoms with Crippen molar-refractivity contribution in [2.45, 2.75) is 45.4 Å². The lowest BCUT2D eigenvalue weighted by molar-refractivity contribution is -0.385. The molecule has 3 rings (SSSR count). The van der Waals surface area contributed by atoms with Crippen LogP contribution in [0.2, 0.25) is 0 Å². The predicted octanol–water partition coefficient (Wildman–Crippen LogP) is 3.24. The van der Waals surface area contributed by atoms with Crippen LogP contribution in [0, 0.1) is 22.0 Å². The van der Waals surface area contributed by atoms with Gasteiger partial charge in [-0.2, -0.15) is 0 Å². The summed E-state index contributed by atoms with van der Waals surface area (Å²) < 4.78 is 23.3. The van der Waals surface area contributed by atoms with Crippen molar-refractivity contribution in [1.82, 2.24) is 9.97 Å². The zero-order valence-corrected chi connectivity index (χ0v) is 21.7. The summed E-state index contributed by atoms with van der Waals surface area (Å²) in [6.45, 7) is 7.77. The normalized spacial score (nSPS) is 13.2. The van der Waals surface area contributed by atoms with Crippen LogP contribution >= 0.6 is 0 Å². The van der Waals surface area contributed by atoms with Crippen LogP contribution in [0.25, 0.3) is 11.0 Å². The zero-order valence-electron chi connectivity index (χ0n) is 21.7. The summed E-state index contributed by atoms with van der Waals surface area (Å²) in [7, 11) is 0. The van der Waals surface area contributed by atoms with E-state index in [-0.39, 0.29) is 43.4 Å². The number of nitro groups is 1. The van der Waals surface area contributed by atoms with Crippen molar-refractivity contribution in [2.24, 2.45) is 0 Å². The molecule has 0 amide bonds. The fourth-order valence-corrected chi connectivity index (χ4v) is 3.87. The molecule has 1 atom stereocenters. The van der Waals surface area contributed by atoms with E-state index in [1.54, 1.807) is 52.0 Å². The minimum Gasteiger partial charge on any atom is -0.368 e. The van der Waals surface area contributed by atoms with Crippen molar-refractivity contribution in [2.75, 3.05) is 26.4 Å². The van der Waals surface area contributed by atoms with Gasteiger partial charge in [0.2, 0.25) is 6.29 Å². The molecule has 0 spiro atoms. The Balaban J connectivity index is 2.35. The van der Waals surface area contributed by atoms with Crippen molar-refractivity contribution in [1.29, 1.82) is 0 Å². The summed E-state index contributed by atoms with van der Waals surface area (Å²) in [5, 5.41) is 23.6. The Labute approximate surface area is 219 Å². The second kappa shape index (κ2) is 12.7. The SMILES string of the molecule is CCOC(OCC)C(C#CC(O)(c1cccc([N+](=O)[O-])c1)c1nc2ccccc2[nH]c1=O)(OCC)OCC. The van der Waals surface area contributed by atoms with E-state index < -0.39 is 28.2 Å². The summed E-state index contributed by atoms with van der Waals surface area (Å²) in [6, 6.07) is 12.0. The number of hydrogen-bond acceptors (Lipinski definition) is 9. The van der Waals surface area contributed by atoms with Gasteiger partial charge in [-0.25, -0.2) is 4.98 Å². The molecule has 0 saturated heterocycles. The van der Waals surface area contributed by atoms with E-state index in [1.165, 1.54) is 18.2 Å². The number of aliphatic hydroxyl groups is 1. The molecule has 11 nitrogen and oxygen atoms in total. The number of aromatic amines is 1. The van der Waals surface area contributed by atoms with Gasteiger partial charge in [0.1, 0.15) is 0 Å². The number of ether oxygens (including phenoxy) is 4. The van der Waals surface area contributed by atoms with E-state index in [0.29, 0.717) is 11.0 Å². The molecule has 38 heavy (non-hydrogen) atoms. The van der Waals surface area contributed by atoms with Gasteiger partial charge < -0.3 is 29.0 Å². The third-order valence-electron chi connectivity index (χ3n) is 5.50. The minimum absolute atomic E-state index is 0.0428. The second-order valence-electron chi connectivity index (χ2n) is 7.98. The maximum atomic E-state index is 13.2. The molecule has 0 aliphatic heterocycles. The molecular weight excluding hydrogens is 494 g/mol. The number of benzene rings is 2. The Kier molecular flexibility index (Phi) is 9.68. The number of fused-ring (bicyclic) bond motifs is 1. The zero-order chi connectivity index (χ0) is 27.8. The van der Waals surface area contributed by atoms with Crippen molar-refractivity contribution in [3.8, 4) is 11.8 Å². The van der Waals surface area contributed by atoms with Gasteiger partial charge in [0.05, 0.1) is 16.0 Å². The number of H-pyrrole nitrogens is 1. The van der Waals surface area contributed by atoms with Crippen LogP contribution in [-0.4, -0.2) is 58.5 Å². The third kappa shape index (κ3) is 6.07. The van der Waals surface area contributed by atoms with E-state index in [9.17, 15) is 20.0 Å². The highest BCUT2D eigenvalue weighted by atomic mass is 16.8. The first-order valence-corrected chi connectivity index (χ1v) is 12.3. The van der Waals surface area contributed by atoms with Crippen molar-refractivity contribution in [3.05, 3.63) is 80.3 Å². The molecule has 0 fully saturated rings. The summed E-state index contributed by atoms with van der Waals surface area (Å²) in [5.74, 6) is 3.71. The summed E-state index contributed by atoms with van der Waals surface area (Å²) in [5.41, 5.74) is -3.03. The lowest BCUT2D eigenvalue weighted by Crippen LogP contribution is -2.50. The van der Waals surface area contributed by atoms with Gasteiger partial charge in [0.25, 0.3) is 17.0 Å². The fraction of sp³-hybridized carbons (Fsp3) is 0.407. The summed E-state index contributed by atoms with van der Waals surface area (Å²) in [6.07, 6.45) is -1.11. The van der Waals surface area contributed by atoms with Crippen molar-refractivity contribution in [3.63, 3.8) is 0 Å². The highest BCUT2D eigenvalue weighted by molar-refractivity contribution is 5.74. The first kappa shape index (κ1) is 28.9. The number of nitrogens with zero attached hydrogens (tertiary/aromatic N) is 2. The van der Waals surface area contributed by atoms with Crippen LogP contribution in [0.3, 0.4) is 0 Å². The molecule has 0 radical (unpaired) electrons. The van der Waals surface area contributed by atoms with Crippen LogP contribution in [0.5, 0.6) is 0 Å². The lowest BCUT2D eigenvalue weighted by atomic mass is 9.90. The molecule has 0 aliphatic rings. The monoisotopic (exact) mass is 525 g/mol. The number of nitrogens with one attached hydrogen (secondary N) is 1. The number of hydrogen-bond donors (Lipinski definition) is 2. The first-order chi connectivity index (χ1) is 18.2. The van der Waals surface area contributed by atoms with E-state index in [4.69, 9.17) is 18.9 Å². The Morgan fingerprint density at radius 3 is 2.26 bits per heavy atom. The van der Waals surface area contributed by atoms with Gasteiger partial charge in [0, 0.05) is 44.1 Å². The molecule has 202 valence electrons. The molecule has 2 N–H and O–H groups in total. The lowest BCUT2D eigenvalue weighted by Gasteiger charge is -2.35. The number of non-ortho nitro benzene ring substituents is 1. The van der Waals surface area contributed by atoms with Crippen molar-refractivity contribution < 1.29 is 29.0 Å². The number of nitro benzene ring substituents is 1. The molecule has 0 aliphatic carbocycles. The Hall–Kier alpha value is -3.66. The topological polar surface area (TPSA) is 146 Å². The van der Waals surface area contributed by atoms with Crippen LogP contribution < -0.4 is 5.56 Å². The summed E-state index contributed by atoms with van der Waals surface area (Å²) >= 11 is 0. The van der Waals surface area contributed by atoms with E-state index in [1.807, 2.05) is 0 Å². The average Bonchev–Trinajstić information content (AvgIpc) is 2.91. The van der Waals surface area contributed by atoms with Gasteiger partial charge in [-0.3, -0.25) is 14.9 Å². The van der Waals surface area contributed by atoms with E-state index in [2.05, 4.69) is 21.8 Å². The molecule has 3 aromatic rings. The number of rotatable bonds is 12. The molecule has 1 unspecified atom stereocenters. The van der Waals surface area contributed by atoms with Gasteiger partial charge >= 0.3 is 0 Å². The quantitative estimate of drug-likeness (QED) is 0.157. The largest absolute Gasteiger partial charge is 0.368 e. The van der Waals surface area contributed by atoms with Gasteiger partial charge in [-0.1, -0.05) is 30.2 Å².